The number of benzene rings is 1. The van der Waals surface area contributed by atoms with Gasteiger partial charge >= 0.3 is 0 Å². The van der Waals surface area contributed by atoms with Crippen LogP contribution in [0.5, 0.6) is 0 Å². The van der Waals surface area contributed by atoms with E-state index in [9.17, 15) is 0 Å². The molecule has 0 amide bonds. The summed E-state index contributed by atoms with van der Waals surface area (Å²) in [5.41, 5.74) is 1.57. The molecule has 0 heteroatoms. The lowest BCUT2D eigenvalue weighted by molar-refractivity contribution is 0.438. The van der Waals surface area contributed by atoms with Crippen molar-refractivity contribution in [3.63, 3.8) is 0 Å². The summed E-state index contributed by atoms with van der Waals surface area (Å²) in [4.78, 5) is 0. The first-order valence-corrected chi connectivity index (χ1v) is 5.83. The molecule has 0 heterocycles. The Labute approximate surface area is 86.3 Å². The van der Waals surface area contributed by atoms with Gasteiger partial charge in [0.1, 0.15) is 0 Å². The van der Waals surface area contributed by atoms with Crippen molar-refractivity contribution in [2.75, 3.05) is 0 Å². The lowest BCUT2D eigenvalue weighted by atomic mass is 9.86. The van der Waals surface area contributed by atoms with Crippen molar-refractivity contribution in [1.82, 2.24) is 0 Å². The highest BCUT2D eigenvalue weighted by Gasteiger charge is 2.39. The SMILES string of the molecule is [CH]1CC(c2ccccc2)C2CCCC12. The predicted molar refractivity (Wildman–Crippen MR) is 58.9 cm³/mol. The van der Waals surface area contributed by atoms with Gasteiger partial charge in [-0.15, -0.1) is 0 Å². The first kappa shape index (κ1) is 8.52. The van der Waals surface area contributed by atoms with Crippen molar-refractivity contribution in [2.45, 2.75) is 31.6 Å². The molecule has 0 aromatic heterocycles. The van der Waals surface area contributed by atoms with E-state index < -0.39 is 0 Å². The van der Waals surface area contributed by atoms with Crippen molar-refractivity contribution in [3.05, 3.63) is 42.3 Å². The third kappa shape index (κ3) is 1.28. The van der Waals surface area contributed by atoms with Crippen LogP contribution < -0.4 is 0 Å². The van der Waals surface area contributed by atoms with Gasteiger partial charge in [0.15, 0.2) is 0 Å². The Kier molecular flexibility index (Phi) is 2.08. The molecule has 2 saturated carbocycles. The maximum atomic E-state index is 2.58. The molecule has 0 bridgehead atoms. The van der Waals surface area contributed by atoms with Crippen LogP contribution in [0.15, 0.2) is 30.3 Å². The average molecular weight is 185 g/mol. The highest BCUT2D eigenvalue weighted by atomic mass is 14.4. The largest absolute Gasteiger partial charge is 0.0622 e. The molecule has 1 radical (unpaired) electrons. The summed E-state index contributed by atoms with van der Waals surface area (Å²) in [6.07, 6.45) is 8.26. The third-order valence-corrected chi connectivity index (χ3v) is 4.06. The van der Waals surface area contributed by atoms with E-state index >= 15 is 0 Å². The van der Waals surface area contributed by atoms with Crippen LogP contribution in [-0.4, -0.2) is 0 Å². The summed E-state index contributed by atoms with van der Waals surface area (Å²) in [5.74, 6) is 2.75. The predicted octanol–water partition coefficient (Wildman–Crippen LogP) is 3.79. The van der Waals surface area contributed by atoms with Crippen LogP contribution in [-0.2, 0) is 0 Å². The minimum atomic E-state index is 0.837. The molecular formula is C14H17. The maximum Gasteiger partial charge on any atom is -0.0128 e. The highest BCUT2D eigenvalue weighted by molar-refractivity contribution is 5.24. The molecule has 0 aliphatic heterocycles. The molecule has 2 fully saturated rings. The molecule has 0 nitrogen and oxygen atoms in total. The van der Waals surface area contributed by atoms with Crippen molar-refractivity contribution in [1.29, 1.82) is 0 Å². The van der Waals surface area contributed by atoms with Gasteiger partial charge in [0.05, 0.1) is 0 Å². The molecule has 0 N–H and O–H groups in total. The molecule has 73 valence electrons. The second kappa shape index (κ2) is 3.42. The van der Waals surface area contributed by atoms with Gasteiger partial charge in [-0.05, 0) is 49.0 Å². The van der Waals surface area contributed by atoms with Crippen LogP contribution in [0.25, 0.3) is 0 Å². The van der Waals surface area contributed by atoms with Crippen molar-refractivity contribution < 1.29 is 0 Å². The van der Waals surface area contributed by atoms with Gasteiger partial charge < -0.3 is 0 Å². The monoisotopic (exact) mass is 185 g/mol. The van der Waals surface area contributed by atoms with Crippen LogP contribution >= 0.6 is 0 Å². The molecule has 1 aromatic carbocycles. The van der Waals surface area contributed by atoms with E-state index in [1.807, 2.05) is 0 Å². The molecule has 2 aliphatic rings. The fourth-order valence-corrected chi connectivity index (χ4v) is 3.39. The molecule has 14 heavy (non-hydrogen) atoms. The van der Waals surface area contributed by atoms with Crippen LogP contribution in [0.1, 0.15) is 37.2 Å². The summed E-state index contributed by atoms with van der Waals surface area (Å²) >= 11 is 0. The van der Waals surface area contributed by atoms with Crippen molar-refractivity contribution in [3.8, 4) is 0 Å². The first-order chi connectivity index (χ1) is 6.95. The Morgan fingerprint density at radius 1 is 1.00 bits per heavy atom. The summed E-state index contributed by atoms with van der Waals surface area (Å²) in [6, 6.07) is 11.1. The summed E-state index contributed by atoms with van der Waals surface area (Å²) in [5, 5.41) is 0. The lowest BCUT2D eigenvalue weighted by Crippen LogP contribution is -2.07. The Balaban J connectivity index is 1.86. The molecule has 0 spiro atoms. The normalized spacial score (nSPS) is 35.9. The van der Waals surface area contributed by atoms with Crippen LogP contribution in [0.4, 0.5) is 0 Å². The minimum absolute atomic E-state index is 0.837. The maximum absolute atomic E-state index is 2.58. The van der Waals surface area contributed by atoms with Gasteiger partial charge in [0, 0.05) is 0 Å². The Hall–Kier alpha value is -0.780. The lowest BCUT2D eigenvalue weighted by Gasteiger charge is -2.18. The fourth-order valence-electron chi connectivity index (χ4n) is 3.39. The van der Waals surface area contributed by atoms with E-state index in [2.05, 4.69) is 36.8 Å². The van der Waals surface area contributed by atoms with Crippen molar-refractivity contribution >= 4 is 0 Å². The quantitative estimate of drug-likeness (QED) is 0.624. The molecule has 1 aromatic rings. The number of fused-ring (bicyclic) bond motifs is 1. The topological polar surface area (TPSA) is 0 Å². The van der Waals surface area contributed by atoms with Gasteiger partial charge in [-0.2, -0.15) is 0 Å². The molecule has 0 saturated heterocycles. The van der Waals surface area contributed by atoms with E-state index in [0.717, 1.165) is 17.8 Å². The standard InChI is InChI=1S/C14H17/c1-2-5-11(6-3-1)14-10-9-12-7-4-8-13(12)14/h1-3,5-6,9,12-14H,4,7-8,10H2. The third-order valence-electron chi connectivity index (χ3n) is 4.06. The Morgan fingerprint density at radius 2 is 1.86 bits per heavy atom. The van der Waals surface area contributed by atoms with E-state index in [1.54, 1.807) is 5.56 Å². The zero-order valence-corrected chi connectivity index (χ0v) is 8.52. The van der Waals surface area contributed by atoms with Crippen LogP contribution in [0.3, 0.4) is 0 Å². The number of hydrogen-bond acceptors (Lipinski definition) is 0. The zero-order valence-electron chi connectivity index (χ0n) is 8.52. The van der Waals surface area contributed by atoms with Gasteiger partial charge in [-0.3, -0.25) is 0 Å². The fraction of sp³-hybridized carbons (Fsp3) is 0.500. The molecule has 3 atom stereocenters. The molecular weight excluding hydrogens is 168 g/mol. The summed E-state index contributed by atoms with van der Waals surface area (Å²) < 4.78 is 0. The van der Waals surface area contributed by atoms with E-state index in [-0.39, 0.29) is 0 Å². The second-order valence-electron chi connectivity index (χ2n) is 4.75. The zero-order chi connectivity index (χ0) is 9.38. The molecule has 3 rings (SSSR count). The molecule has 2 aliphatic carbocycles. The summed E-state index contributed by atoms with van der Waals surface area (Å²) in [6.45, 7) is 0. The van der Waals surface area contributed by atoms with Gasteiger partial charge in [-0.1, -0.05) is 36.8 Å². The number of hydrogen-bond donors (Lipinski definition) is 0. The minimum Gasteiger partial charge on any atom is -0.0622 e. The first-order valence-electron chi connectivity index (χ1n) is 5.83. The van der Waals surface area contributed by atoms with Crippen LogP contribution in [0, 0.1) is 18.3 Å². The Morgan fingerprint density at radius 3 is 2.71 bits per heavy atom. The molecule has 3 unspecified atom stereocenters. The van der Waals surface area contributed by atoms with E-state index in [4.69, 9.17) is 0 Å². The van der Waals surface area contributed by atoms with E-state index in [1.165, 1.54) is 25.7 Å². The smallest absolute Gasteiger partial charge is 0.0128 e. The highest BCUT2D eigenvalue weighted by Crippen LogP contribution is 2.51. The summed E-state index contributed by atoms with van der Waals surface area (Å²) in [7, 11) is 0. The average Bonchev–Trinajstić information content (AvgIpc) is 2.79. The second-order valence-corrected chi connectivity index (χ2v) is 4.75. The van der Waals surface area contributed by atoms with Gasteiger partial charge in [0.2, 0.25) is 0 Å². The van der Waals surface area contributed by atoms with Gasteiger partial charge in [0.25, 0.3) is 0 Å². The van der Waals surface area contributed by atoms with Crippen molar-refractivity contribution in [2.24, 2.45) is 11.8 Å². The number of rotatable bonds is 1. The Bertz CT molecular complexity index is 301. The van der Waals surface area contributed by atoms with Gasteiger partial charge in [-0.25, -0.2) is 0 Å². The van der Waals surface area contributed by atoms with Crippen LogP contribution in [0.2, 0.25) is 0 Å². The van der Waals surface area contributed by atoms with E-state index in [0.29, 0.717) is 0 Å².